The molecule has 0 saturated heterocycles. The number of hydrogen-bond donors (Lipinski definition) is 1. The van der Waals surface area contributed by atoms with Crippen molar-refractivity contribution in [1.82, 2.24) is 4.90 Å². The number of likely N-dealkylation sites (N-methyl/N-ethyl adjacent to an activating group) is 1. The first kappa shape index (κ1) is 14.9. The average molecular weight is 320 g/mol. The van der Waals surface area contributed by atoms with E-state index < -0.39 is 11.9 Å². The number of ether oxygens (including phenoxy) is 1. The van der Waals surface area contributed by atoms with Gasteiger partial charge in [-0.2, -0.15) is 0 Å². The Morgan fingerprint density at radius 2 is 2.28 bits per heavy atom. The van der Waals surface area contributed by atoms with Gasteiger partial charge < -0.3 is 14.7 Å². The van der Waals surface area contributed by atoms with Crippen molar-refractivity contribution >= 4 is 21.8 Å². The van der Waals surface area contributed by atoms with Crippen molar-refractivity contribution in [2.45, 2.75) is 13.0 Å². The van der Waals surface area contributed by atoms with Gasteiger partial charge in [0.25, 0.3) is 5.91 Å². The summed E-state index contributed by atoms with van der Waals surface area (Å²) in [6.07, 6.45) is -0.608. The largest absolute Gasteiger partial charge is 0.481 e. The van der Waals surface area contributed by atoms with Crippen LogP contribution < -0.4 is 4.74 Å². The van der Waals surface area contributed by atoms with E-state index in [4.69, 9.17) is 9.84 Å². The monoisotopic (exact) mass is 319 g/mol. The highest BCUT2D eigenvalue weighted by atomic mass is 79.9. The zero-order valence-electron chi connectivity index (χ0n) is 10.2. The smallest absolute Gasteiger partial charge is 0.260 e. The maximum absolute atomic E-state index is 13.4. The van der Waals surface area contributed by atoms with Crippen molar-refractivity contribution < 1.29 is 19.0 Å². The van der Waals surface area contributed by atoms with Crippen LogP contribution in [0, 0.1) is 5.82 Å². The van der Waals surface area contributed by atoms with Crippen molar-refractivity contribution in [2.24, 2.45) is 0 Å². The Labute approximate surface area is 113 Å². The number of benzene rings is 1. The van der Waals surface area contributed by atoms with Crippen LogP contribution in [0.25, 0.3) is 0 Å². The molecular formula is C12H15BrFNO3. The van der Waals surface area contributed by atoms with Crippen molar-refractivity contribution in [1.29, 1.82) is 0 Å². The van der Waals surface area contributed by atoms with E-state index in [1.54, 1.807) is 20.0 Å². The minimum absolute atomic E-state index is 0.0250. The maximum atomic E-state index is 13.4. The predicted octanol–water partition coefficient (Wildman–Crippen LogP) is 1.81. The fourth-order valence-electron chi connectivity index (χ4n) is 1.34. The van der Waals surface area contributed by atoms with Crippen LogP contribution in [0.3, 0.4) is 0 Å². The topological polar surface area (TPSA) is 49.8 Å². The summed E-state index contributed by atoms with van der Waals surface area (Å²) >= 11 is 3.13. The summed E-state index contributed by atoms with van der Waals surface area (Å²) in [5.41, 5.74) is 0. The lowest BCUT2D eigenvalue weighted by Crippen LogP contribution is -2.36. The molecule has 1 rings (SSSR count). The fraction of sp³-hybridized carbons (Fsp3) is 0.417. The highest BCUT2D eigenvalue weighted by molar-refractivity contribution is 9.10. The highest BCUT2D eigenvalue weighted by Crippen LogP contribution is 2.21. The molecule has 0 bridgehead atoms. The molecule has 0 aliphatic heterocycles. The lowest BCUT2D eigenvalue weighted by Gasteiger charge is -2.18. The number of halogens is 2. The van der Waals surface area contributed by atoms with Crippen LogP contribution in [-0.4, -0.2) is 42.2 Å². The number of aliphatic hydroxyl groups excluding tert-OH is 1. The molecule has 0 radical (unpaired) electrons. The molecule has 1 atom stereocenters. The van der Waals surface area contributed by atoms with Gasteiger partial charge in [-0.05, 0) is 25.1 Å². The van der Waals surface area contributed by atoms with Gasteiger partial charge in [0.2, 0.25) is 0 Å². The third-order valence-electron chi connectivity index (χ3n) is 2.21. The third-order valence-corrected chi connectivity index (χ3v) is 2.70. The summed E-state index contributed by atoms with van der Waals surface area (Å²) in [4.78, 5) is 12.9. The molecule has 1 aromatic carbocycles. The lowest BCUT2D eigenvalue weighted by molar-refractivity contribution is -0.133. The van der Waals surface area contributed by atoms with Gasteiger partial charge in [0.1, 0.15) is 0 Å². The molecule has 1 unspecified atom stereocenters. The molecule has 0 aromatic heterocycles. The van der Waals surface area contributed by atoms with Crippen molar-refractivity contribution in [3.05, 3.63) is 28.5 Å². The van der Waals surface area contributed by atoms with Crippen LogP contribution in [-0.2, 0) is 4.79 Å². The predicted molar refractivity (Wildman–Crippen MR) is 68.9 cm³/mol. The van der Waals surface area contributed by atoms with E-state index >= 15 is 0 Å². The number of hydrogen-bond acceptors (Lipinski definition) is 3. The Morgan fingerprint density at radius 3 is 2.83 bits per heavy atom. The summed E-state index contributed by atoms with van der Waals surface area (Å²) in [6.45, 7) is 1.53. The van der Waals surface area contributed by atoms with E-state index in [9.17, 15) is 9.18 Å². The Kier molecular flexibility index (Phi) is 5.55. The first-order valence-electron chi connectivity index (χ1n) is 5.40. The van der Waals surface area contributed by atoms with E-state index in [2.05, 4.69) is 15.9 Å². The first-order chi connectivity index (χ1) is 8.40. The molecule has 0 heterocycles. The number of carbonyl (C=O) groups excluding carboxylic acids is 1. The second kappa shape index (κ2) is 6.70. The molecule has 0 fully saturated rings. The van der Waals surface area contributed by atoms with Crippen molar-refractivity contribution in [3.8, 4) is 5.75 Å². The second-order valence-electron chi connectivity index (χ2n) is 3.99. The summed E-state index contributed by atoms with van der Waals surface area (Å²) in [5, 5.41) is 9.13. The zero-order valence-corrected chi connectivity index (χ0v) is 11.8. The molecule has 6 heteroatoms. The number of carbonyl (C=O) groups is 1. The molecule has 0 spiro atoms. The zero-order chi connectivity index (χ0) is 13.7. The Balaban J connectivity index is 2.52. The van der Waals surface area contributed by atoms with Crippen LogP contribution >= 0.6 is 15.9 Å². The van der Waals surface area contributed by atoms with Crippen LogP contribution in [0.1, 0.15) is 6.92 Å². The van der Waals surface area contributed by atoms with Gasteiger partial charge in [0, 0.05) is 18.1 Å². The lowest BCUT2D eigenvalue weighted by atomic mass is 10.3. The minimum Gasteiger partial charge on any atom is -0.481 e. The molecule has 0 saturated carbocycles. The first-order valence-corrected chi connectivity index (χ1v) is 6.19. The van der Waals surface area contributed by atoms with Crippen LogP contribution in [0.15, 0.2) is 22.7 Å². The Bertz CT molecular complexity index is 426. The van der Waals surface area contributed by atoms with Gasteiger partial charge in [-0.15, -0.1) is 0 Å². The Hall–Kier alpha value is -1.14. The number of aliphatic hydroxyl groups is 1. The number of rotatable bonds is 5. The van der Waals surface area contributed by atoms with E-state index in [-0.39, 0.29) is 24.8 Å². The van der Waals surface area contributed by atoms with Crippen LogP contribution in [0.5, 0.6) is 5.75 Å². The maximum Gasteiger partial charge on any atom is 0.260 e. The standard InChI is InChI=1S/C12H15BrFNO3/c1-8(16)6-15(2)12(17)7-18-11-4-3-9(13)5-10(11)14/h3-5,8,16H,6-7H2,1-2H3. The summed E-state index contributed by atoms with van der Waals surface area (Å²) in [7, 11) is 1.55. The van der Waals surface area contributed by atoms with Gasteiger partial charge in [0.05, 0.1) is 6.10 Å². The molecule has 1 N–H and O–H groups in total. The molecule has 1 amide bonds. The molecular weight excluding hydrogens is 305 g/mol. The quantitative estimate of drug-likeness (QED) is 0.900. The molecule has 18 heavy (non-hydrogen) atoms. The van der Waals surface area contributed by atoms with E-state index in [1.807, 2.05) is 0 Å². The molecule has 0 aliphatic rings. The van der Waals surface area contributed by atoms with Gasteiger partial charge in [-0.25, -0.2) is 4.39 Å². The number of amides is 1. The van der Waals surface area contributed by atoms with Crippen molar-refractivity contribution in [2.75, 3.05) is 20.2 Å². The fourth-order valence-corrected chi connectivity index (χ4v) is 1.67. The Morgan fingerprint density at radius 1 is 1.61 bits per heavy atom. The highest BCUT2D eigenvalue weighted by Gasteiger charge is 2.13. The third kappa shape index (κ3) is 4.62. The molecule has 100 valence electrons. The van der Waals surface area contributed by atoms with Gasteiger partial charge in [-0.1, -0.05) is 15.9 Å². The van der Waals surface area contributed by atoms with Crippen LogP contribution in [0.4, 0.5) is 4.39 Å². The van der Waals surface area contributed by atoms with Gasteiger partial charge in [-0.3, -0.25) is 4.79 Å². The summed E-state index contributed by atoms with van der Waals surface area (Å²) in [5.74, 6) is -0.828. The molecule has 1 aromatic rings. The SMILES string of the molecule is CC(O)CN(C)C(=O)COc1ccc(Br)cc1F. The van der Waals surface area contributed by atoms with E-state index in [0.717, 1.165) is 0 Å². The summed E-state index contributed by atoms with van der Waals surface area (Å²) in [6, 6.07) is 4.34. The molecule has 4 nitrogen and oxygen atoms in total. The van der Waals surface area contributed by atoms with Crippen molar-refractivity contribution in [3.63, 3.8) is 0 Å². The van der Waals surface area contributed by atoms with E-state index in [1.165, 1.54) is 17.0 Å². The minimum atomic E-state index is -0.608. The molecule has 0 aliphatic carbocycles. The second-order valence-corrected chi connectivity index (χ2v) is 4.90. The number of nitrogens with zero attached hydrogens (tertiary/aromatic N) is 1. The van der Waals surface area contributed by atoms with Crippen LogP contribution in [0.2, 0.25) is 0 Å². The van der Waals surface area contributed by atoms with Gasteiger partial charge >= 0.3 is 0 Å². The summed E-state index contributed by atoms with van der Waals surface area (Å²) < 4.78 is 19.1. The van der Waals surface area contributed by atoms with Gasteiger partial charge in [0.15, 0.2) is 18.2 Å². The average Bonchev–Trinajstić information content (AvgIpc) is 2.26. The normalized spacial score (nSPS) is 12.1. The van der Waals surface area contributed by atoms with E-state index in [0.29, 0.717) is 4.47 Å².